The van der Waals surface area contributed by atoms with Crippen LogP contribution in [0.1, 0.15) is 56.9 Å². The fourth-order valence-corrected chi connectivity index (χ4v) is 8.69. The standard InChI is InChI=1S/C23H32N2/c24-20-6-8-25(9-7-20)16-21-11-17-10-19-13-23(15-21,22(19,12-17)14-21)18-4-2-1-3-5-18/h1-5,17,19-20H,6-16,24H2. The molecule has 5 atom stereocenters. The molecule has 2 N–H and O–H groups in total. The van der Waals surface area contributed by atoms with E-state index in [1.807, 2.05) is 0 Å². The van der Waals surface area contributed by atoms with Crippen LogP contribution in [0.2, 0.25) is 0 Å². The van der Waals surface area contributed by atoms with Crippen LogP contribution in [0.4, 0.5) is 0 Å². The molecule has 2 nitrogen and oxygen atoms in total. The molecule has 134 valence electrons. The summed E-state index contributed by atoms with van der Waals surface area (Å²) in [7, 11) is 0. The number of benzene rings is 1. The number of hydrogen-bond donors (Lipinski definition) is 1. The Bertz CT molecular complexity index is 679. The van der Waals surface area contributed by atoms with Gasteiger partial charge in [0.1, 0.15) is 0 Å². The summed E-state index contributed by atoms with van der Waals surface area (Å²) in [5.41, 5.74) is 9.63. The first-order chi connectivity index (χ1) is 12.1. The Morgan fingerprint density at radius 3 is 2.60 bits per heavy atom. The van der Waals surface area contributed by atoms with Crippen molar-refractivity contribution in [1.82, 2.24) is 4.90 Å². The number of likely N-dealkylation sites (tertiary alicyclic amines) is 1. The molecule has 1 saturated heterocycles. The van der Waals surface area contributed by atoms with E-state index in [9.17, 15) is 0 Å². The van der Waals surface area contributed by atoms with E-state index < -0.39 is 0 Å². The predicted molar refractivity (Wildman–Crippen MR) is 101 cm³/mol. The maximum Gasteiger partial charge on any atom is 0.00631 e. The van der Waals surface area contributed by atoms with E-state index in [0.29, 0.717) is 22.3 Å². The minimum atomic E-state index is 0.453. The normalized spacial score (nSPS) is 48.5. The minimum absolute atomic E-state index is 0.453. The molecule has 6 rings (SSSR count). The number of piperidine rings is 1. The lowest BCUT2D eigenvalue weighted by Gasteiger charge is -2.59. The van der Waals surface area contributed by atoms with Crippen molar-refractivity contribution < 1.29 is 0 Å². The second kappa shape index (κ2) is 4.89. The summed E-state index contributed by atoms with van der Waals surface area (Å²) >= 11 is 0. The third-order valence-electron chi connectivity index (χ3n) is 9.21. The van der Waals surface area contributed by atoms with E-state index in [2.05, 4.69) is 35.2 Å². The Kier molecular flexibility index (Phi) is 2.98. The molecule has 1 aromatic carbocycles. The van der Waals surface area contributed by atoms with Crippen LogP contribution in [0.15, 0.2) is 30.3 Å². The van der Waals surface area contributed by atoms with Gasteiger partial charge in [0, 0.05) is 18.0 Å². The van der Waals surface area contributed by atoms with Gasteiger partial charge < -0.3 is 10.6 Å². The number of nitrogens with two attached hydrogens (primary N) is 1. The highest BCUT2D eigenvalue weighted by Gasteiger charge is 2.78. The highest BCUT2D eigenvalue weighted by atomic mass is 15.1. The van der Waals surface area contributed by atoms with Crippen LogP contribution in [-0.4, -0.2) is 30.6 Å². The summed E-state index contributed by atoms with van der Waals surface area (Å²) in [6.45, 7) is 3.84. The number of hydrogen-bond acceptors (Lipinski definition) is 2. The zero-order valence-corrected chi connectivity index (χ0v) is 15.4. The summed E-state index contributed by atoms with van der Waals surface area (Å²) in [4.78, 5) is 2.78. The molecule has 4 aliphatic carbocycles. The third kappa shape index (κ3) is 1.88. The van der Waals surface area contributed by atoms with Gasteiger partial charge in [-0.1, -0.05) is 30.3 Å². The maximum absolute atomic E-state index is 6.16. The van der Waals surface area contributed by atoms with Gasteiger partial charge in [0.25, 0.3) is 0 Å². The van der Waals surface area contributed by atoms with Gasteiger partial charge in [-0.15, -0.1) is 0 Å². The van der Waals surface area contributed by atoms with E-state index in [4.69, 9.17) is 5.73 Å². The SMILES string of the molecule is NC1CCN(CC23CC4CC5CC(c6ccccc6)(C2)C5(C4)C3)CC1. The van der Waals surface area contributed by atoms with Gasteiger partial charge in [0.15, 0.2) is 0 Å². The molecular formula is C23H32N2. The van der Waals surface area contributed by atoms with Crippen molar-refractivity contribution in [3.05, 3.63) is 35.9 Å². The zero-order chi connectivity index (χ0) is 16.7. The summed E-state index contributed by atoms with van der Waals surface area (Å²) in [6.07, 6.45) is 11.5. The average molecular weight is 337 g/mol. The smallest absolute Gasteiger partial charge is 0.00631 e. The number of nitrogens with zero attached hydrogens (tertiary/aromatic N) is 1. The van der Waals surface area contributed by atoms with Crippen LogP contribution in [-0.2, 0) is 5.41 Å². The lowest BCUT2D eigenvalue weighted by Crippen LogP contribution is -2.55. The average Bonchev–Trinajstić information content (AvgIpc) is 2.92. The number of rotatable bonds is 3. The van der Waals surface area contributed by atoms with E-state index in [1.165, 1.54) is 58.2 Å². The van der Waals surface area contributed by atoms with E-state index >= 15 is 0 Å². The van der Waals surface area contributed by atoms with Crippen molar-refractivity contribution in [2.24, 2.45) is 28.4 Å². The van der Waals surface area contributed by atoms with Crippen molar-refractivity contribution in [2.45, 2.75) is 62.8 Å². The van der Waals surface area contributed by atoms with Crippen molar-refractivity contribution in [2.75, 3.05) is 19.6 Å². The molecule has 0 amide bonds. The molecular weight excluding hydrogens is 304 g/mol. The molecule has 5 fully saturated rings. The largest absolute Gasteiger partial charge is 0.328 e. The van der Waals surface area contributed by atoms with Gasteiger partial charge in [-0.05, 0) is 92.7 Å². The van der Waals surface area contributed by atoms with E-state index in [0.717, 1.165) is 11.8 Å². The van der Waals surface area contributed by atoms with Gasteiger partial charge in [-0.25, -0.2) is 0 Å². The Balaban J connectivity index is 1.35. The van der Waals surface area contributed by atoms with Crippen LogP contribution in [0.5, 0.6) is 0 Å². The van der Waals surface area contributed by atoms with Crippen molar-refractivity contribution in [3.8, 4) is 0 Å². The summed E-state index contributed by atoms with van der Waals surface area (Å²) in [6, 6.07) is 12.1. The molecule has 2 heteroatoms. The minimum Gasteiger partial charge on any atom is -0.328 e. The van der Waals surface area contributed by atoms with Crippen LogP contribution in [0.25, 0.3) is 0 Å². The van der Waals surface area contributed by atoms with E-state index in [-0.39, 0.29) is 0 Å². The fraction of sp³-hybridized carbons (Fsp3) is 0.739. The van der Waals surface area contributed by atoms with Gasteiger partial charge in [0.05, 0.1) is 0 Å². The lowest BCUT2D eigenvalue weighted by atomic mass is 9.44. The molecule has 5 unspecified atom stereocenters. The van der Waals surface area contributed by atoms with Crippen molar-refractivity contribution in [3.63, 3.8) is 0 Å². The highest BCUT2D eigenvalue weighted by molar-refractivity contribution is 5.41. The first kappa shape index (κ1) is 15.2. The molecule has 1 spiro atoms. The van der Waals surface area contributed by atoms with Gasteiger partial charge in [-0.3, -0.25) is 0 Å². The van der Waals surface area contributed by atoms with Crippen molar-refractivity contribution in [1.29, 1.82) is 0 Å². The molecule has 5 aliphatic rings. The van der Waals surface area contributed by atoms with Crippen LogP contribution < -0.4 is 5.73 Å². The molecule has 1 aliphatic heterocycles. The molecule has 3 bridgehead atoms. The molecule has 4 saturated carbocycles. The first-order valence-corrected chi connectivity index (χ1v) is 10.7. The van der Waals surface area contributed by atoms with Crippen LogP contribution >= 0.6 is 0 Å². The quantitative estimate of drug-likeness (QED) is 0.905. The molecule has 0 radical (unpaired) electrons. The Morgan fingerprint density at radius 1 is 1.00 bits per heavy atom. The maximum atomic E-state index is 6.16. The van der Waals surface area contributed by atoms with Crippen LogP contribution in [0.3, 0.4) is 0 Å². The van der Waals surface area contributed by atoms with Crippen LogP contribution in [0, 0.1) is 22.7 Å². The zero-order valence-electron chi connectivity index (χ0n) is 15.4. The molecule has 0 aromatic heterocycles. The first-order valence-electron chi connectivity index (χ1n) is 10.7. The topological polar surface area (TPSA) is 29.3 Å². The lowest BCUT2D eigenvalue weighted by molar-refractivity contribution is -0.0377. The summed E-state index contributed by atoms with van der Waals surface area (Å²) < 4.78 is 0. The van der Waals surface area contributed by atoms with Crippen molar-refractivity contribution >= 4 is 0 Å². The van der Waals surface area contributed by atoms with E-state index in [1.54, 1.807) is 18.4 Å². The Hall–Kier alpha value is -0.860. The monoisotopic (exact) mass is 336 g/mol. The number of fused-ring (bicyclic) bond motifs is 2. The third-order valence-corrected chi connectivity index (χ3v) is 9.21. The van der Waals surface area contributed by atoms with Gasteiger partial charge in [-0.2, -0.15) is 0 Å². The summed E-state index contributed by atoms with van der Waals surface area (Å²) in [5, 5.41) is 0. The molecule has 1 heterocycles. The highest BCUT2D eigenvalue weighted by Crippen LogP contribution is 2.84. The predicted octanol–water partition coefficient (Wildman–Crippen LogP) is 3.95. The summed E-state index contributed by atoms with van der Waals surface area (Å²) in [5.74, 6) is 2.07. The molecule has 25 heavy (non-hydrogen) atoms. The second-order valence-electron chi connectivity index (χ2n) is 10.5. The second-order valence-corrected chi connectivity index (χ2v) is 10.5. The van der Waals surface area contributed by atoms with Gasteiger partial charge >= 0.3 is 0 Å². The molecule has 1 aromatic rings. The Morgan fingerprint density at radius 2 is 1.80 bits per heavy atom. The fourth-order valence-electron chi connectivity index (χ4n) is 8.69. The van der Waals surface area contributed by atoms with Gasteiger partial charge in [0.2, 0.25) is 0 Å². The Labute approximate surface area is 152 Å².